The van der Waals surface area contributed by atoms with Gasteiger partial charge in [-0.25, -0.2) is 10.2 Å². The third-order valence-corrected chi connectivity index (χ3v) is 6.59. The molecule has 230 valence electrons. The van der Waals surface area contributed by atoms with Gasteiger partial charge in [-0.15, -0.1) is 0 Å². The molecule has 11 heteroatoms. The molecule has 5 N–H and O–H groups in total. The van der Waals surface area contributed by atoms with Crippen molar-refractivity contribution in [2.24, 2.45) is 5.10 Å². The Bertz CT molecular complexity index is 1610. The fourth-order valence-corrected chi connectivity index (χ4v) is 4.53. The van der Waals surface area contributed by atoms with E-state index >= 15 is 0 Å². The normalized spacial score (nSPS) is 12.9. The molecule has 0 aliphatic heterocycles. The number of fused-ring (bicyclic) bond motifs is 1. The molecule has 1 aromatic heterocycles. The second kappa shape index (κ2) is 14.3. The van der Waals surface area contributed by atoms with Crippen LogP contribution in [0.3, 0.4) is 0 Å². The number of rotatable bonds is 11. The molecule has 0 spiro atoms. The number of aromatic hydroxyl groups is 1. The van der Waals surface area contributed by atoms with E-state index in [0.717, 1.165) is 22.0 Å². The van der Waals surface area contributed by atoms with Crippen LogP contribution in [0.4, 0.5) is 4.79 Å². The SMILES string of the molecule is CC(C)(C)OC(=O)N[C@@H](CO)C(=O)N[C@@H](Cc1ccc(O)cc1)C(=O)N/N=C\c1cn(Cc2ccccc2)c2ccccc12. The Balaban J connectivity index is 1.50. The Kier molecular flexibility index (Phi) is 10.4. The van der Waals surface area contributed by atoms with Crippen LogP contribution in [-0.4, -0.2) is 63.2 Å². The summed E-state index contributed by atoms with van der Waals surface area (Å²) in [6.07, 6.45) is 2.66. The zero-order valence-corrected chi connectivity index (χ0v) is 24.9. The summed E-state index contributed by atoms with van der Waals surface area (Å²) in [6, 6.07) is 21.6. The lowest BCUT2D eigenvalue weighted by Crippen LogP contribution is -2.55. The van der Waals surface area contributed by atoms with Gasteiger partial charge in [0.15, 0.2) is 0 Å². The first-order valence-corrected chi connectivity index (χ1v) is 14.2. The Morgan fingerprint density at radius 3 is 2.25 bits per heavy atom. The van der Waals surface area contributed by atoms with E-state index < -0.39 is 42.2 Å². The number of aliphatic hydroxyl groups excluding tert-OH is 1. The summed E-state index contributed by atoms with van der Waals surface area (Å²) >= 11 is 0. The number of hydrazone groups is 1. The van der Waals surface area contributed by atoms with Crippen molar-refractivity contribution in [2.75, 3.05) is 6.61 Å². The van der Waals surface area contributed by atoms with Crippen LogP contribution in [0.2, 0.25) is 0 Å². The number of phenolic OH excluding ortho intramolecular Hbond substituents is 1. The van der Waals surface area contributed by atoms with Crippen LogP contribution in [0, 0.1) is 0 Å². The van der Waals surface area contributed by atoms with Gasteiger partial charge in [0.2, 0.25) is 5.91 Å². The second-order valence-corrected chi connectivity index (χ2v) is 11.3. The van der Waals surface area contributed by atoms with Gasteiger partial charge < -0.3 is 30.2 Å². The van der Waals surface area contributed by atoms with E-state index in [2.05, 4.69) is 37.9 Å². The third kappa shape index (κ3) is 8.92. The van der Waals surface area contributed by atoms with Crippen molar-refractivity contribution < 1.29 is 29.3 Å². The molecule has 3 amide bonds. The highest BCUT2D eigenvalue weighted by Crippen LogP contribution is 2.21. The molecule has 11 nitrogen and oxygen atoms in total. The second-order valence-electron chi connectivity index (χ2n) is 11.3. The highest BCUT2D eigenvalue weighted by Gasteiger charge is 2.28. The van der Waals surface area contributed by atoms with Crippen LogP contribution in [0.1, 0.15) is 37.5 Å². The maximum Gasteiger partial charge on any atom is 0.408 e. The van der Waals surface area contributed by atoms with E-state index in [1.54, 1.807) is 39.1 Å². The minimum Gasteiger partial charge on any atom is -0.508 e. The molecule has 0 aliphatic rings. The number of carbonyl (C=O) groups excluding carboxylic acids is 3. The minimum atomic E-state index is -1.36. The van der Waals surface area contributed by atoms with Crippen LogP contribution >= 0.6 is 0 Å². The third-order valence-electron chi connectivity index (χ3n) is 6.59. The summed E-state index contributed by atoms with van der Waals surface area (Å²) in [7, 11) is 0. The van der Waals surface area contributed by atoms with Crippen LogP contribution in [0.25, 0.3) is 10.9 Å². The molecule has 3 aromatic carbocycles. The first kappa shape index (κ1) is 31.8. The van der Waals surface area contributed by atoms with Crippen LogP contribution in [0.15, 0.2) is 90.2 Å². The molecule has 0 saturated carbocycles. The van der Waals surface area contributed by atoms with Crippen molar-refractivity contribution >= 4 is 35.0 Å². The minimum absolute atomic E-state index is 0.0499. The van der Waals surface area contributed by atoms with Crippen LogP contribution < -0.4 is 16.1 Å². The maximum absolute atomic E-state index is 13.3. The average Bonchev–Trinajstić information content (AvgIpc) is 3.33. The summed E-state index contributed by atoms with van der Waals surface area (Å²) < 4.78 is 7.28. The number of benzene rings is 3. The topological polar surface area (TPSA) is 154 Å². The molecular weight excluding hydrogens is 562 g/mol. The van der Waals surface area contributed by atoms with Crippen molar-refractivity contribution in [3.05, 3.63) is 102 Å². The van der Waals surface area contributed by atoms with Crippen molar-refractivity contribution in [1.29, 1.82) is 0 Å². The van der Waals surface area contributed by atoms with Gasteiger partial charge in [-0.2, -0.15) is 5.10 Å². The van der Waals surface area contributed by atoms with Gasteiger partial charge in [0, 0.05) is 35.6 Å². The highest BCUT2D eigenvalue weighted by atomic mass is 16.6. The average molecular weight is 600 g/mol. The monoisotopic (exact) mass is 599 g/mol. The van der Waals surface area contributed by atoms with E-state index in [9.17, 15) is 24.6 Å². The molecule has 4 aromatic rings. The standard InChI is InChI=1S/C33H37N5O6/c1-33(2,3)44-32(43)36-28(21-39)30(41)35-27(17-22-13-15-25(40)16-14-22)31(42)37-34-18-24-20-38(19-23-9-5-4-6-10-23)29-12-8-7-11-26(24)29/h4-16,18,20,27-28,39-40H,17,19,21H2,1-3H3,(H,35,41)(H,36,43)(H,37,42)/b34-18-/t27-,28-/m0/s1. The zero-order chi connectivity index (χ0) is 31.7. The molecule has 2 atom stereocenters. The zero-order valence-electron chi connectivity index (χ0n) is 24.9. The van der Waals surface area contributed by atoms with Gasteiger partial charge in [0.25, 0.3) is 5.91 Å². The number of phenols is 1. The molecule has 1 heterocycles. The van der Waals surface area contributed by atoms with Gasteiger partial charge in [-0.1, -0.05) is 60.7 Å². The van der Waals surface area contributed by atoms with Gasteiger partial charge in [-0.05, 0) is 50.1 Å². The first-order chi connectivity index (χ1) is 21.0. The fourth-order valence-electron chi connectivity index (χ4n) is 4.53. The number of para-hydroxylation sites is 1. The van der Waals surface area contributed by atoms with Crippen molar-refractivity contribution in [3.63, 3.8) is 0 Å². The summed E-state index contributed by atoms with van der Waals surface area (Å²) in [4.78, 5) is 38.5. The fraction of sp³-hybridized carbons (Fsp3) is 0.273. The van der Waals surface area contributed by atoms with Gasteiger partial charge in [-0.3, -0.25) is 9.59 Å². The van der Waals surface area contributed by atoms with Gasteiger partial charge >= 0.3 is 6.09 Å². The number of carbonyl (C=O) groups is 3. The van der Waals surface area contributed by atoms with E-state index in [1.807, 2.05) is 48.7 Å². The number of aromatic nitrogens is 1. The van der Waals surface area contributed by atoms with Crippen molar-refractivity contribution in [3.8, 4) is 5.75 Å². The number of alkyl carbamates (subject to hydrolysis) is 1. The highest BCUT2D eigenvalue weighted by molar-refractivity contribution is 6.00. The Morgan fingerprint density at radius 2 is 1.57 bits per heavy atom. The summed E-state index contributed by atoms with van der Waals surface area (Å²) in [5, 5.41) is 29.5. The lowest BCUT2D eigenvalue weighted by molar-refractivity contribution is -0.130. The number of hydrogen-bond donors (Lipinski definition) is 5. The molecule has 0 fully saturated rings. The molecule has 0 unspecified atom stereocenters. The molecule has 0 saturated heterocycles. The molecule has 4 rings (SSSR count). The van der Waals surface area contributed by atoms with Gasteiger partial charge in [0.1, 0.15) is 23.4 Å². The number of nitrogens with zero attached hydrogens (tertiary/aromatic N) is 2. The van der Waals surface area contributed by atoms with Crippen molar-refractivity contribution in [1.82, 2.24) is 20.6 Å². The van der Waals surface area contributed by atoms with E-state index in [-0.39, 0.29) is 12.2 Å². The largest absolute Gasteiger partial charge is 0.508 e. The molecule has 0 radical (unpaired) electrons. The number of amides is 3. The molecule has 0 bridgehead atoms. The Hall–Kier alpha value is -5.16. The first-order valence-electron chi connectivity index (χ1n) is 14.2. The van der Waals surface area contributed by atoms with E-state index in [0.29, 0.717) is 12.1 Å². The molecule has 0 aliphatic carbocycles. The predicted octanol–water partition coefficient (Wildman–Crippen LogP) is 3.46. The van der Waals surface area contributed by atoms with Gasteiger partial charge in [0.05, 0.1) is 12.8 Å². The summed E-state index contributed by atoms with van der Waals surface area (Å²) in [5.41, 5.74) is 5.28. The van der Waals surface area contributed by atoms with E-state index in [4.69, 9.17) is 4.74 Å². The number of hydrogen-bond acceptors (Lipinski definition) is 7. The summed E-state index contributed by atoms with van der Waals surface area (Å²) in [5.74, 6) is -1.35. The van der Waals surface area contributed by atoms with Crippen LogP contribution in [-0.2, 0) is 27.3 Å². The number of nitrogens with one attached hydrogen (secondary N) is 3. The predicted molar refractivity (Wildman–Crippen MR) is 167 cm³/mol. The van der Waals surface area contributed by atoms with Crippen LogP contribution in [0.5, 0.6) is 5.75 Å². The smallest absolute Gasteiger partial charge is 0.408 e. The van der Waals surface area contributed by atoms with E-state index in [1.165, 1.54) is 12.1 Å². The molecular formula is C33H37N5O6. The Labute approximate surface area is 255 Å². The molecule has 44 heavy (non-hydrogen) atoms. The number of aliphatic hydroxyl groups is 1. The Morgan fingerprint density at radius 1 is 0.886 bits per heavy atom. The van der Waals surface area contributed by atoms with Crippen molar-refractivity contribution in [2.45, 2.75) is 51.4 Å². The quantitative estimate of drug-likeness (QED) is 0.131. The number of ether oxygens (including phenoxy) is 1. The lowest BCUT2D eigenvalue weighted by atomic mass is 10.0. The maximum atomic E-state index is 13.3. The lowest BCUT2D eigenvalue weighted by Gasteiger charge is -2.24. The summed E-state index contributed by atoms with van der Waals surface area (Å²) in [6.45, 7) is 4.94.